The number of carbonyl (C=O) groups excluding carboxylic acids is 2. The van der Waals surface area contributed by atoms with E-state index in [9.17, 15) is 9.59 Å². The summed E-state index contributed by atoms with van der Waals surface area (Å²) in [5, 5.41) is 7.91. The topological polar surface area (TPSA) is 58.2 Å². The zero-order chi connectivity index (χ0) is 18.5. The van der Waals surface area contributed by atoms with E-state index in [-0.39, 0.29) is 24.3 Å². The van der Waals surface area contributed by atoms with Crippen molar-refractivity contribution in [2.24, 2.45) is 0 Å². The van der Waals surface area contributed by atoms with Gasteiger partial charge in [-0.15, -0.1) is 0 Å². The molecule has 0 aliphatic heterocycles. The van der Waals surface area contributed by atoms with Gasteiger partial charge in [-0.2, -0.15) is 0 Å². The van der Waals surface area contributed by atoms with Crippen molar-refractivity contribution in [2.45, 2.75) is 26.3 Å². The number of nitrogens with one attached hydrogen (secondary N) is 2. The van der Waals surface area contributed by atoms with E-state index in [0.29, 0.717) is 11.3 Å². The predicted molar refractivity (Wildman–Crippen MR) is 105 cm³/mol. The average molecular weight is 346 g/mol. The molecule has 0 aromatic heterocycles. The summed E-state index contributed by atoms with van der Waals surface area (Å²) in [4.78, 5) is 24.9. The Morgan fingerprint density at radius 1 is 0.885 bits per heavy atom. The molecule has 0 saturated heterocycles. The fraction of sp³-hybridized carbons (Fsp3) is 0.182. The number of rotatable bonds is 5. The number of fused-ring (bicyclic) bond motifs is 1. The first-order valence-corrected chi connectivity index (χ1v) is 8.71. The second-order valence-electron chi connectivity index (χ2n) is 6.54. The molecule has 0 bridgehead atoms. The van der Waals surface area contributed by atoms with E-state index in [1.807, 2.05) is 56.3 Å². The third-order valence-electron chi connectivity index (χ3n) is 4.10. The maximum absolute atomic E-state index is 12.6. The van der Waals surface area contributed by atoms with Gasteiger partial charge in [-0.25, -0.2) is 0 Å². The Bertz CT molecular complexity index is 942. The summed E-state index contributed by atoms with van der Waals surface area (Å²) in [6.45, 7) is 3.80. The largest absolute Gasteiger partial charge is 0.350 e. The maximum atomic E-state index is 12.6. The van der Waals surface area contributed by atoms with Gasteiger partial charge in [-0.1, -0.05) is 54.6 Å². The van der Waals surface area contributed by atoms with Gasteiger partial charge >= 0.3 is 0 Å². The lowest BCUT2D eigenvalue weighted by Gasteiger charge is -2.13. The lowest BCUT2D eigenvalue weighted by molar-refractivity contribution is -0.115. The van der Waals surface area contributed by atoms with E-state index in [2.05, 4.69) is 10.6 Å². The standard InChI is InChI=1S/C22H22N2O2/c1-15(2)23-22(26)19-12-5-6-13-20(19)24-21(25)14-17-10-7-9-16-8-3-4-11-18(16)17/h3-13,15H,14H2,1-2H3,(H,23,26)(H,24,25). The molecule has 26 heavy (non-hydrogen) atoms. The minimum atomic E-state index is -0.193. The Morgan fingerprint density at radius 2 is 1.58 bits per heavy atom. The van der Waals surface area contributed by atoms with Crippen molar-refractivity contribution in [3.63, 3.8) is 0 Å². The van der Waals surface area contributed by atoms with Gasteiger partial charge in [0.05, 0.1) is 17.7 Å². The average Bonchev–Trinajstić information content (AvgIpc) is 2.62. The van der Waals surface area contributed by atoms with Crippen molar-refractivity contribution in [3.05, 3.63) is 77.9 Å². The van der Waals surface area contributed by atoms with Crippen LogP contribution in [0.5, 0.6) is 0 Å². The second-order valence-corrected chi connectivity index (χ2v) is 6.54. The van der Waals surface area contributed by atoms with Gasteiger partial charge in [0.25, 0.3) is 5.91 Å². The molecule has 2 N–H and O–H groups in total. The van der Waals surface area contributed by atoms with Crippen molar-refractivity contribution in [3.8, 4) is 0 Å². The van der Waals surface area contributed by atoms with Crippen LogP contribution in [0.2, 0.25) is 0 Å². The molecule has 0 aliphatic carbocycles. The van der Waals surface area contributed by atoms with Crippen LogP contribution in [-0.2, 0) is 11.2 Å². The molecule has 0 aliphatic rings. The van der Waals surface area contributed by atoms with Gasteiger partial charge in [0.2, 0.25) is 5.91 Å². The molecular weight excluding hydrogens is 324 g/mol. The quantitative estimate of drug-likeness (QED) is 0.729. The van der Waals surface area contributed by atoms with Gasteiger partial charge in [0.1, 0.15) is 0 Å². The van der Waals surface area contributed by atoms with Gasteiger partial charge in [-0.3, -0.25) is 9.59 Å². The summed E-state index contributed by atoms with van der Waals surface area (Å²) in [6, 6.07) is 21.0. The number of carbonyl (C=O) groups is 2. The van der Waals surface area contributed by atoms with E-state index in [1.54, 1.807) is 24.3 Å². The lowest BCUT2D eigenvalue weighted by Crippen LogP contribution is -2.31. The Hall–Kier alpha value is -3.14. The maximum Gasteiger partial charge on any atom is 0.253 e. The Balaban J connectivity index is 1.79. The minimum Gasteiger partial charge on any atom is -0.350 e. The van der Waals surface area contributed by atoms with Crippen molar-refractivity contribution >= 4 is 28.3 Å². The van der Waals surface area contributed by atoms with E-state index in [4.69, 9.17) is 0 Å². The molecule has 0 radical (unpaired) electrons. The van der Waals surface area contributed by atoms with Crippen LogP contribution in [0.4, 0.5) is 5.69 Å². The van der Waals surface area contributed by atoms with Crippen LogP contribution in [0.1, 0.15) is 29.8 Å². The molecule has 3 aromatic carbocycles. The highest BCUT2D eigenvalue weighted by atomic mass is 16.2. The van der Waals surface area contributed by atoms with Gasteiger partial charge in [-0.05, 0) is 42.3 Å². The van der Waals surface area contributed by atoms with Crippen molar-refractivity contribution in [1.82, 2.24) is 5.32 Å². The van der Waals surface area contributed by atoms with Crippen LogP contribution in [0.25, 0.3) is 10.8 Å². The molecule has 0 fully saturated rings. The van der Waals surface area contributed by atoms with Crippen LogP contribution in [0, 0.1) is 0 Å². The zero-order valence-corrected chi connectivity index (χ0v) is 15.0. The highest BCUT2D eigenvalue weighted by Crippen LogP contribution is 2.20. The smallest absolute Gasteiger partial charge is 0.253 e. The van der Waals surface area contributed by atoms with E-state index < -0.39 is 0 Å². The molecule has 0 saturated carbocycles. The fourth-order valence-corrected chi connectivity index (χ4v) is 2.94. The van der Waals surface area contributed by atoms with Crippen LogP contribution in [0.15, 0.2) is 66.7 Å². The Kier molecular flexibility index (Phi) is 5.32. The molecule has 4 heteroatoms. The molecule has 3 rings (SSSR count). The molecule has 132 valence electrons. The van der Waals surface area contributed by atoms with Crippen LogP contribution < -0.4 is 10.6 Å². The first-order chi connectivity index (χ1) is 12.5. The highest BCUT2D eigenvalue weighted by Gasteiger charge is 2.14. The van der Waals surface area contributed by atoms with E-state index in [1.165, 1.54) is 0 Å². The normalized spacial score (nSPS) is 10.7. The first kappa shape index (κ1) is 17.7. The molecule has 2 amide bonds. The second kappa shape index (κ2) is 7.83. The highest BCUT2D eigenvalue weighted by molar-refractivity contribution is 6.04. The Morgan fingerprint density at radius 3 is 2.38 bits per heavy atom. The summed E-state index contributed by atoms with van der Waals surface area (Å²) in [5.41, 5.74) is 1.95. The summed E-state index contributed by atoms with van der Waals surface area (Å²) < 4.78 is 0. The Labute approximate surface area is 153 Å². The predicted octanol–water partition coefficient (Wildman–Crippen LogP) is 4.16. The molecular formula is C22H22N2O2. The summed E-state index contributed by atoms with van der Waals surface area (Å²) in [6.07, 6.45) is 0.251. The molecule has 3 aromatic rings. The summed E-state index contributed by atoms with van der Waals surface area (Å²) >= 11 is 0. The van der Waals surface area contributed by atoms with Crippen LogP contribution in [-0.4, -0.2) is 17.9 Å². The fourth-order valence-electron chi connectivity index (χ4n) is 2.94. The van der Waals surface area contributed by atoms with Gasteiger partial charge in [0.15, 0.2) is 0 Å². The molecule has 0 unspecified atom stereocenters. The molecule has 0 atom stereocenters. The number of anilines is 1. The minimum absolute atomic E-state index is 0.0296. The van der Waals surface area contributed by atoms with Gasteiger partial charge in [0, 0.05) is 6.04 Å². The number of para-hydroxylation sites is 1. The number of hydrogen-bond donors (Lipinski definition) is 2. The number of benzene rings is 3. The third kappa shape index (κ3) is 4.09. The number of amides is 2. The van der Waals surface area contributed by atoms with Gasteiger partial charge < -0.3 is 10.6 Å². The molecule has 0 spiro atoms. The lowest BCUT2D eigenvalue weighted by atomic mass is 10.0. The summed E-state index contributed by atoms with van der Waals surface area (Å²) in [7, 11) is 0. The molecule has 0 heterocycles. The molecule has 4 nitrogen and oxygen atoms in total. The third-order valence-corrected chi connectivity index (χ3v) is 4.10. The SMILES string of the molecule is CC(C)NC(=O)c1ccccc1NC(=O)Cc1cccc2ccccc12. The summed E-state index contributed by atoms with van der Waals surface area (Å²) in [5.74, 6) is -0.341. The monoisotopic (exact) mass is 346 g/mol. The van der Waals surface area contributed by atoms with Crippen LogP contribution >= 0.6 is 0 Å². The first-order valence-electron chi connectivity index (χ1n) is 8.71. The van der Waals surface area contributed by atoms with Crippen LogP contribution in [0.3, 0.4) is 0 Å². The zero-order valence-electron chi connectivity index (χ0n) is 15.0. The van der Waals surface area contributed by atoms with Crippen molar-refractivity contribution in [1.29, 1.82) is 0 Å². The van der Waals surface area contributed by atoms with E-state index in [0.717, 1.165) is 16.3 Å². The van der Waals surface area contributed by atoms with Crippen molar-refractivity contribution < 1.29 is 9.59 Å². The van der Waals surface area contributed by atoms with E-state index >= 15 is 0 Å². The number of hydrogen-bond acceptors (Lipinski definition) is 2. The van der Waals surface area contributed by atoms with Crippen molar-refractivity contribution in [2.75, 3.05) is 5.32 Å².